The van der Waals surface area contributed by atoms with Crippen LogP contribution in [0.15, 0.2) is 30.3 Å². The summed E-state index contributed by atoms with van der Waals surface area (Å²) in [4.78, 5) is 15.8. The van der Waals surface area contributed by atoms with Gasteiger partial charge in [0.25, 0.3) is 0 Å². The van der Waals surface area contributed by atoms with Gasteiger partial charge in [0.15, 0.2) is 0 Å². The van der Waals surface area contributed by atoms with E-state index >= 15 is 0 Å². The second-order valence-corrected chi connectivity index (χ2v) is 4.84. The Bertz CT molecular complexity index is 394. The maximum absolute atomic E-state index is 11.9. The lowest BCUT2D eigenvalue weighted by molar-refractivity contribution is 0.149. The van der Waals surface area contributed by atoms with Crippen LogP contribution in [0.25, 0.3) is 0 Å². The molecule has 1 aromatic rings. The number of carbonyl (C=O) groups excluding carboxylic acids is 1. The molecule has 0 spiro atoms. The lowest BCUT2D eigenvalue weighted by Gasteiger charge is -2.25. The van der Waals surface area contributed by atoms with Crippen LogP contribution in [0.4, 0.5) is 4.79 Å². The summed E-state index contributed by atoms with van der Waals surface area (Å²) in [5.41, 5.74) is 0. The van der Waals surface area contributed by atoms with E-state index in [1.54, 1.807) is 24.1 Å². The smallest absolute Gasteiger partial charge is 0.410 e. The van der Waals surface area contributed by atoms with Gasteiger partial charge in [-0.2, -0.15) is 0 Å². The third kappa shape index (κ3) is 3.23. The molecule has 0 saturated carbocycles. The average Bonchev–Trinajstić information content (AvgIpc) is 2.76. The second kappa shape index (κ2) is 5.87. The molecule has 1 aliphatic heterocycles. The third-order valence-corrected chi connectivity index (χ3v) is 3.42. The van der Waals surface area contributed by atoms with Gasteiger partial charge in [0, 0.05) is 19.6 Å². The molecule has 1 aliphatic rings. The van der Waals surface area contributed by atoms with Crippen LogP contribution in [0.3, 0.4) is 0 Å². The van der Waals surface area contributed by atoms with E-state index in [0.29, 0.717) is 11.8 Å². The number of rotatable bonds is 3. The van der Waals surface area contributed by atoms with E-state index in [2.05, 4.69) is 11.9 Å². The fourth-order valence-corrected chi connectivity index (χ4v) is 2.27. The van der Waals surface area contributed by atoms with Crippen molar-refractivity contribution >= 4 is 6.09 Å². The van der Waals surface area contributed by atoms with Crippen LogP contribution in [-0.2, 0) is 0 Å². The second-order valence-electron chi connectivity index (χ2n) is 4.84. The first-order chi connectivity index (χ1) is 8.66. The van der Waals surface area contributed by atoms with Crippen molar-refractivity contribution in [3.8, 4) is 5.75 Å². The van der Waals surface area contributed by atoms with Gasteiger partial charge in [-0.25, -0.2) is 4.79 Å². The number of carbonyl (C=O) groups is 1. The molecule has 2 rings (SSSR count). The summed E-state index contributed by atoms with van der Waals surface area (Å²) in [6.45, 7) is 1.84. The molecular formula is C14H20N2O2. The van der Waals surface area contributed by atoms with Gasteiger partial charge in [-0.1, -0.05) is 18.2 Å². The standard InChI is InChI=1S/C14H20N2O2/c1-15-10-6-7-12(15)11-16(2)14(17)18-13-8-4-3-5-9-13/h3-5,8-9,12H,6-7,10-11H2,1-2H3. The average molecular weight is 248 g/mol. The molecule has 18 heavy (non-hydrogen) atoms. The van der Waals surface area contributed by atoms with Crippen LogP contribution >= 0.6 is 0 Å². The largest absolute Gasteiger partial charge is 0.415 e. The maximum atomic E-state index is 11.9. The molecule has 4 nitrogen and oxygen atoms in total. The van der Waals surface area contributed by atoms with Gasteiger partial charge >= 0.3 is 6.09 Å². The molecule has 1 fully saturated rings. The number of para-hydroxylation sites is 1. The Morgan fingerprint density at radius 2 is 2.17 bits per heavy atom. The quantitative estimate of drug-likeness (QED) is 0.822. The van der Waals surface area contributed by atoms with E-state index < -0.39 is 0 Å². The molecule has 0 N–H and O–H groups in total. The van der Waals surface area contributed by atoms with Crippen molar-refractivity contribution in [1.82, 2.24) is 9.80 Å². The predicted molar refractivity (Wildman–Crippen MR) is 70.7 cm³/mol. The fourth-order valence-electron chi connectivity index (χ4n) is 2.27. The van der Waals surface area contributed by atoms with Crippen LogP contribution in [0, 0.1) is 0 Å². The van der Waals surface area contributed by atoms with Crippen molar-refractivity contribution in [3.05, 3.63) is 30.3 Å². The van der Waals surface area contributed by atoms with Crippen LogP contribution in [0.5, 0.6) is 5.75 Å². The number of nitrogens with zero attached hydrogens (tertiary/aromatic N) is 2. The SMILES string of the molecule is CN(CC1CCCN1C)C(=O)Oc1ccccc1. The first-order valence-electron chi connectivity index (χ1n) is 6.35. The summed E-state index contributed by atoms with van der Waals surface area (Å²) in [6.07, 6.45) is 2.07. The number of hydrogen-bond acceptors (Lipinski definition) is 3. The highest BCUT2D eigenvalue weighted by Gasteiger charge is 2.24. The number of ether oxygens (including phenoxy) is 1. The number of benzene rings is 1. The highest BCUT2D eigenvalue weighted by atomic mass is 16.6. The lowest BCUT2D eigenvalue weighted by atomic mass is 10.2. The van der Waals surface area contributed by atoms with E-state index in [9.17, 15) is 4.79 Å². The lowest BCUT2D eigenvalue weighted by Crippen LogP contribution is -2.40. The molecule has 1 amide bonds. The first-order valence-corrected chi connectivity index (χ1v) is 6.35. The molecular weight excluding hydrogens is 228 g/mol. The van der Waals surface area contributed by atoms with Gasteiger partial charge in [0.05, 0.1) is 0 Å². The summed E-state index contributed by atoms with van der Waals surface area (Å²) < 4.78 is 5.29. The Hall–Kier alpha value is -1.55. The normalized spacial score (nSPS) is 19.8. The van der Waals surface area contributed by atoms with Gasteiger partial charge in [0.2, 0.25) is 0 Å². The van der Waals surface area contributed by atoms with E-state index in [-0.39, 0.29) is 6.09 Å². The minimum Gasteiger partial charge on any atom is -0.410 e. The molecule has 1 saturated heterocycles. The zero-order chi connectivity index (χ0) is 13.0. The van der Waals surface area contributed by atoms with E-state index in [0.717, 1.165) is 19.5 Å². The van der Waals surface area contributed by atoms with Crippen LogP contribution in [0.1, 0.15) is 12.8 Å². The molecule has 0 aromatic heterocycles. The van der Waals surface area contributed by atoms with Gasteiger partial charge in [-0.3, -0.25) is 0 Å². The molecule has 4 heteroatoms. The zero-order valence-corrected chi connectivity index (χ0v) is 11.0. The van der Waals surface area contributed by atoms with Crippen molar-refractivity contribution in [1.29, 1.82) is 0 Å². The van der Waals surface area contributed by atoms with Gasteiger partial charge in [-0.05, 0) is 38.6 Å². The van der Waals surface area contributed by atoms with Crippen LogP contribution in [0.2, 0.25) is 0 Å². The van der Waals surface area contributed by atoms with E-state index in [4.69, 9.17) is 4.74 Å². The molecule has 0 radical (unpaired) electrons. The maximum Gasteiger partial charge on any atom is 0.415 e. The molecule has 98 valence electrons. The minimum absolute atomic E-state index is 0.290. The van der Waals surface area contributed by atoms with E-state index in [1.165, 1.54) is 6.42 Å². The Labute approximate surface area is 108 Å². The summed E-state index contributed by atoms with van der Waals surface area (Å²) >= 11 is 0. The topological polar surface area (TPSA) is 32.8 Å². The van der Waals surface area contributed by atoms with Crippen molar-refractivity contribution in [2.75, 3.05) is 27.2 Å². The predicted octanol–water partition coefficient (Wildman–Crippen LogP) is 2.21. The third-order valence-electron chi connectivity index (χ3n) is 3.42. The summed E-state index contributed by atoms with van der Waals surface area (Å²) in [6, 6.07) is 9.63. The molecule has 1 atom stereocenters. The Balaban J connectivity index is 1.85. The number of amides is 1. The van der Waals surface area contributed by atoms with E-state index in [1.807, 2.05) is 18.2 Å². The molecule has 1 heterocycles. The van der Waals surface area contributed by atoms with Gasteiger partial charge in [-0.15, -0.1) is 0 Å². The summed E-state index contributed by atoms with van der Waals surface area (Å²) in [5.74, 6) is 0.592. The number of likely N-dealkylation sites (tertiary alicyclic amines) is 1. The van der Waals surface area contributed by atoms with Crippen LogP contribution in [-0.4, -0.2) is 49.1 Å². The first kappa shape index (κ1) is 12.9. The monoisotopic (exact) mass is 248 g/mol. The zero-order valence-electron chi connectivity index (χ0n) is 11.0. The van der Waals surface area contributed by atoms with Crippen molar-refractivity contribution < 1.29 is 9.53 Å². The molecule has 0 bridgehead atoms. The Kier molecular flexibility index (Phi) is 4.20. The molecule has 1 aromatic carbocycles. The minimum atomic E-state index is -0.290. The van der Waals surface area contributed by atoms with Gasteiger partial charge in [0.1, 0.15) is 5.75 Å². The molecule has 0 aliphatic carbocycles. The highest BCUT2D eigenvalue weighted by Crippen LogP contribution is 2.16. The van der Waals surface area contributed by atoms with Crippen molar-refractivity contribution in [2.24, 2.45) is 0 Å². The van der Waals surface area contributed by atoms with Crippen molar-refractivity contribution in [2.45, 2.75) is 18.9 Å². The Morgan fingerprint density at radius 1 is 1.44 bits per heavy atom. The number of hydrogen-bond donors (Lipinski definition) is 0. The van der Waals surface area contributed by atoms with Crippen molar-refractivity contribution in [3.63, 3.8) is 0 Å². The van der Waals surface area contributed by atoms with Gasteiger partial charge < -0.3 is 14.5 Å². The molecule has 1 unspecified atom stereocenters. The Morgan fingerprint density at radius 3 is 2.78 bits per heavy atom. The summed E-state index contributed by atoms with van der Waals surface area (Å²) in [7, 11) is 3.89. The van der Waals surface area contributed by atoms with Crippen LogP contribution < -0.4 is 4.74 Å². The highest BCUT2D eigenvalue weighted by molar-refractivity contribution is 5.70. The summed E-state index contributed by atoms with van der Waals surface area (Å²) in [5, 5.41) is 0. The fraction of sp³-hybridized carbons (Fsp3) is 0.500. The number of likely N-dealkylation sites (N-methyl/N-ethyl adjacent to an activating group) is 2.